The van der Waals surface area contributed by atoms with Crippen molar-refractivity contribution in [3.05, 3.63) is 66.0 Å². The number of aromatic nitrogens is 3. The van der Waals surface area contributed by atoms with E-state index in [1.807, 2.05) is 54.6 Å². The molecule has 0 spiro atoms. The van der Waals surface area contributed by atoms with Gasteiger partial charge in [-0.25, -0.2) is 4.98 Å². The van der Waals surface area contributed by atoms with Gasteiger partial charge in [-0.1, -0.05) is 47.6 Å². The lowest BCUT2D eigenvalue weighted by Crippen LogP contribution is -2.30. The number of piperidine rings is 1. The normalized spacial score (nSPS) is 13.7. The van der Waals surface area contributed by atoms with Crippen LogP contribution >= 0.6 is 0 Å². The molecule has 0 radical (unpaired) electrons. The van der Waals surface area contributed by atoms with Gasteiger partial charge in [0.05, 0.1) is 7.11 Å². The molecule has 8 nitrogen and oxygen atoms in total. The first-order valence-corrected chi connectivity index (χ1v) is 12.1. The fourth-order valence-electron chi connectivity index (χ4n) is 4.38. The van der Waals surface area contributed by atoms with Crippen molar-refractivity contribution in [3.63, 3.8) is 0 Å². The third-order valence-corrected chi connectivity index (χ3v) is 6.29. The molecule has 180 valence electrons. The minimum absolute atomic E-state index is 0.0495. The largest absolute Gasteiger partial charge is 0.497 e. The molecule has 8 heteroatoms. The Kier molecular flexibility index (Phi) is 6.88. The summed E-state index contributed by atoms with van der Waals surface area (Å²) in [6.07, 6.45) is 4.19. The molecule has 1 N–H and O–H groups in total. The third-order valence-electron chi connectivity index (χ3n) is 6.29. The lowest BCUT2D eigenvalue weighted by atomic mass is 10.1. The number of carbonyl (C=O) groups excluding carboxylic acids is 1. The molecule has 0 atom stereocenters. The number of aryl methyl sites for hydroxylation is 1. The van der Waals surface area contributed by atoms with Gasteiger partial charge in [0.25, 0.3) is 5.71 Å². The Morgan fingerprint density at radius 2 is 1.80 bits per heavy atom. The van der Waals surface area contributed by atoms with E-state index in [9.17, 15) is 4.79 Å². The van der Waals surface area contributed by atoms with Gasteiger partial charge in [-0.3, -0.25) is 4.79 Å². The van der Waals surface area contributed by atoms with E-state index in [2.05, 4.69) is 20.4 Å². The second-order valence-electron chi connectivity index (χ2n) is 8.71. The highest BCUT2D eigenvalue weighted by atomic mass is 16.5. The van der Waals surface area contributed by atoms with Crippen LogP contribution in [0.2, 0.25) is 0 Å². The topological polar surface area (TPSA) is 93.4 Å². The fourth-order valence-corrected chi connectivity index (χ4v) is 4.38. The molecule has 2 aromatic heterocycles. The second-order valence-corrected chi connectivity index (χ2v) is 8.71. The summed E-state index contributed by atoms with van der Waals surface area (Å²) in [7, 11) is 1.63. The Balaban J connectivity index is 1.34. The zero-order valence-electron chi connectivity index (χ0n) is 19.9. The van der Waals surface area contributed by atoms with Gasteiger partial charge in [0.1, 0.15) is 28.5 Å². The lowest BCUT2D eigenvalue weighted by Gasteiger charge is -2.28. The van der Waals surface area contributed by atoms with Gasteiger partial charge in [-0.05, 0) is 37.0 Å². The van der Waals surface area contributed by atoms with Crippen molar-refractivity contribution in [1.82, 2.24) is 20.4 Å². The van der Waals surface area contributed by atoms with Crippen molar-refractivity contribution in [3.8, 4) is 17.0 Å². The molecule has 2 aromatic carbocycles. The molecular formula is C27H29N5O3. The third kappa shape index (κ3) is 5.26. The van der Waals surface area contributed by atoms with Crippen LogP contribution in [0.15, 0.2) is 59.1 Å². The van der Waals surface area contributed by atoms with Gasteiger partial charge >= 0.3 is 0 Å². The van der Waals surface area contributed by atoms with Crippen LogP contribution in [0.3, 0.4) is 0 Å². The van der Waals surface area contributed by atoms with Crippen LogP contribution in [0.4, 0.5) is 5.82 Å². The van der Waals surface area contributed by atoms with E-state index >= 15 is 0 Å². The molecular weight excluding hydrogens is 442 g/mol. The van der Waals surface area contributed by atoms with Crippen LogP contribution in [0.5, 0.6) is 5.75 Å². The molecule has 0 unspecified atom stereocenters. The molecule has 1 saturated heterocycles. The first kappa shape index (κ1) is 22.8. The van der Waals surface area contributed by atoms with Gasteiger partial charge in [0.15, 0.2) is 0 Å². The number of rotatable bonds is 8. The maximum atomic E-state index is 12.5. The predicted molar refractivity (Wildman–Crippen MR) is 134 cm³/mol. The average molecular weight is 472 g/mol. The van der Waals surface area contributed by atoms with Crippen molar-refractivity contribution in [2.24, 2.45) is 0 Å². The van der Waals surface area contributed by atoms with Crippen LogP contribution in [-0.2, 0) is 17.8 Å². The summed E-state index contributed by atoms with van der Waals surface area (Å²) in [5.74, 6) is 2.18. The first-order chi connectivity index (χ1) is 17.2. The summed E-state index contributed by atoms with van der Waals surface area (Å²) in [5.41, 5.74) is 3.20. The van der Waals surface area contributed by atoms with Crippen LogP contribution in [0.1, 0.15) is 37.1 Å². The molecule has 4 aromatic rings. The van der Waals surface area contributed by atoms with E-state index in [1.54, 1.807) is 7.11 Å². The maximum absolute atomic E-state index is 12.5. The molecule has 1 aliphatic heterocycles. The van der Waals surface area contributed by atoms with E-state index in [0.29, 0.717) is 30.9 Å². The Labute approximate surface area is 204 Å². The zero-order valence-corrected chi connectivity index (χ0v) is 19.9. The molecule has 35 heavy (non-hydrogen) atoms. The van der Waals surface area contributed by atoms with Gasteiger partial charge in [-0.2, -0.15) is 4.98 Å². The summed E-state index contributed by atoms with van der Waals surface area (Å²) < 4.78 is 10.8. The monoisotopic (exact) mass is 471 g/mol. The molecule has 5 rings (SSSR count). The smallest absolute Gasteiger partial charge is 0.263 e. The second kappa shape index (κ2) is 10.5. The highest BCUT2D eigenvalue weighted by molar-refractivity contribution is 5.98. The first-order valence-electron chi connectivity index (χ1n) is 12.1. The number of nitrogens with zero attached hydrogens (tertiary/aromatic N) is 4. The van der Waals surface area contributed by atoms with Gasteiger partial charge in [0.2, 0.25) is 5.91 Å². The number of benzene rings is 2. The fraction of sp³-hybridized carbons (Fsp3) is 0.333. The molecule has 1 fully saturated rings. The number of hydrogen-bond donors (Lipinski definition) is 1. The standard InChI is InChI=1S/C27H29N5O3/c1-34-21-12-10-19(11-13-21)18-28-23(33)15-14-22-29-26(32-16-6-3-7-17-32)24-25(31-35-27(24)30-22)20-8-4-2-5-9-20/h2,4-5,8-13H,3,6-7,14-18H2,1H3,(H,28,33). The van der Waals surface area contributed by atoms with Crippen molar-refractivity contribution in [1.29, 1.82) is 0 Å². The van der Waals surface area contributed by atoms with Crippen LogP contribution in [0, 0.1) is 0 Å². The number of amides is 1. The van der Waals surface area contributed by atoms with Crippen LogP contribution < -0.4 is 15.0 Å². The summed E-state index contributed by atoms with van der Waals surface area (Å²) in [6, 6.07) is 17.6. The molecule has 0 bridgehead atoms. The summed E-state index contributed by atoms with van der Waals surface area (Å²) in [6.45, 7) is 2.34. The number of ether oxygens (including phenoxy) is 1. The van der Waals surface area contributed by atoms with Gasteiger partial charge in [0, 0.05) is 38.0 Å². The van der Waals surface area contributed by atoms with E-state index in [4.69, 9.17) is 14.2 Å². The van der Waals surface area contributed by atoms with Gasteiger partial charge < -0.3 is 19.5 Å². The maximum Gasteiger partial charge on any atom is 0.263 e. The van der Waals surface area contributed by atoms with Crippen molar-refractivity contribution in [2.45, 2.75) is 38.6 Å². The Bertz CT molecular complexity index is 1280. The SMILES string of the molecule is COc1ccc(CNC(=O)CCc2nc(N3CCCCC3)c3c(-c4ccccc4)noc3n2)cc1. The van der Waals surface area contributed by atoms with Crippen molar-refractivity contribution in [2.75, 3.05) is 25.1 Å². The molecule has 3 heterocycles. The summed E-state index contributed by atoms with van der Waals surface area (Å²) in [5, 5.41) is 8.14. The number of nitrogens with one attached hydrogen (secondary N) is 1. The van der Waals surface area contributed by atoms with Crippen molar-refractivity contribution < 1.29 is 14.1 Å². The molecule has 1 aliphatic rings. The number of hydrogen-bond acceptors (Lipinski definition) is 7. The number of anilines is 1. The highest BCUT2D eigenvalue weighted by Crippen LogP contribution is 2.34. The average Bonchev–Trinajstić information content (AvgIpc) is 3.35. The zero-order chi connectivity index (χ0) is 24.0. The summed E-state index contributed by atoms with van der Waals surface area (Å²) >= 11 is 0. The molecule has 1 amide bonds. The van der Waals surface area contributed by atoms with Crippen LogP contribution in [0.25, 0.3) is 22.4 Å². The number of carbonyl (C=O) groups is 1. The Morgan fingerprint density at radius 3 is 2.54 bits per heavy atom. The highest BCUT2D eigenvalue weighted by Gasteiger charge is 2.23. The van der Waals surface area contributed by atoms with Crippen molar-refractivity contribution >= 4 is 22.8 Å². The Morgan fingerprint density at radius 1 is 1.03 bits per heavy atom. The molecule has 0 aliphatic carbocycles. The predicted octanol–water partition coefficient (Wildman–Crippen LogP) is 4.53. The van der Waals surface area contributed by atoms with E-state index in [1.165, 1.54) is 6.42 Å². The van der Waals surface area contributed by atoms with E-state index < -0.39 is 0 Å². The minimum Gasteiger partial charge on any atom is -0.497 e. The minimum atomic E-state index is -0.0495. The van der Waals surface area contributed by atoms with E-state index in [0.717, 1.165) is 59.7 Å². The van der Waals surface area contributed by atoms with Gasteiger partial charge in [-0.15, -0.1) is 0 Å². The quantitative estimate of drug-likeness (QED) is 0.403. The Hall–Kier alpha value is -3.94. The van der Waals surface area contributed by atoms with E-state index in [-0.39, 0.29) is 5.91 Å². The summed E-state index contributed by atoms with van der Waals surface area (Å²) in [4.78, 5) is 24.3. The van der Waals surface area contributed by atoms with Crippen LogP contribution in [-0.4, -0.2) is 41.2 Å². The lowest BCUT2D eigenvalue weighted by molar-refractivity contribution is -0.121. The number of methoxy groups -OCH3 is 1. The molecule has 0 saturated carbocycles. The number of fused-ring (bicyclic) bond motifs is 1.